The van der Waals surface area contributed by atoms with Gasteiger partial charge >= 0.3 is 0 Å². The van der Waals surface area contributed by atoms with Crippen LogP contribution in [-0.2, 0) is 21.2 Å². The molecule has 1 aromatic carbocycles. The van der Waals surface area contributed by atoms with Gasteiger partial charge in [0.25, 0.3) is 0 Å². The Bertz CT molecular complexity index is 878. The van der Waals surface area contributed by atoms with Crippen molar-refractivity contribution >= 4 is 26.8 Å². The number of rotatable bonds is 4. The van der Waals surface area contributed by atoms with Crippen LogP contribution in [0.1, 0.15) is 25.5 Å². The molecule has 0 unspecified atom stereocenters. The monoisotopic (exact) mass is 363 g/mol. The van der Waals surface area contributed by atoms with Crippen LogP contribution < -0.4 is 0 Å². The van der Waals surface area contributed by atoms with E-state index in [1.165, 1.54) is 10.6 Å². The first-order valence-corrected chi connectivity index (χ1v) is 10.4. The summed E-state index contributed by atoms with van der Waals surface area (Å²) in [6, 6.07) is 8.46. The van der Waals surface area contributed by atoms with Crippen LogP contribution in [0.25, 0.3) is 10.9 Å². The second-order valence-corrected chi connectivity index (χ2v) is 8.87. The van der Waals surface area contributed by atoms with E-state index in [1.807, 2.05) is 12.1 Å². The van der Waals surface area contributed by atoms with E-state index >= 15 is 0 Å². The Morgan fingerprint density at radius 1 is 1.12 bits per heavy atom. The van der Waals surface area contributed by atoms with E-state index in [-0.39, 0.29) is 5.91 Å². The van der Waals surface area contributed by atoms with Crippen LogP contribution in [0.15, 0.2) is 30.5 Å². The minimum absolute atomic E-state index is 0.0554. The summed E-state index contributed by atoms with van der Waals surface area (Å²) in [5.41, 5.74) is 2.17. The molecule has 3 rings (SSSR count). The largest absolute Gasteiger partial charge is 0.345 e. The van der Waals surface area contributed by atoms with Crippen LogP contribution >= 0.6 is 0 Å². The number of amides is 1. The second kappa shape index (κ2) is 6.80. The van der Waals surface area contributed by atoms with Gasteiger partial charge in [-0.1, -0.05) is 18.2 Å². The Hall–Kier alpha value is -1.86. The molecule has 1 aliphatic heterocycles. The molecule has 1 fully saturated rings. The smallest absolute Gasteiger partial charge is 0.227 e. The Kier molecular flexibility index (Phi) is 4.88. The molecule has 0 spiro atoms. The molecule has 1 aliphatic rings. The maximum absolute atomic E-state index is 12.7. The minimum atomic E-state index is -3.18. The summed E-state index contributed by atoms with van der Waals surface area (Å²) in [5, 5.41) is 1.11. The molecule has 7 heteroatoms. The lowest BCUT2D eigenvalue weighted by molar-refractivity contribution is -0.131. The SMILES string of the molecule is CC(C)n1cc(CC(=O)N2CCN(S(C)(=O)=O)CC2)c2ccccc21. The van der Waals surface area contributed by atoms with Crippen LogP contribution in [0.5, 0.6) is 0 Å². The molecule has 2 aromatic rings. The van der Waals surface area contributed by atoms with E-state index in [0.29, 0.717) is 38.6 Å². The van der Waals surface area contributed by atoms with Gasteiger partial charge in [-0.25, -0.2) is 8.42 Å². The summed E-state index contributed by atoms with van der Waals surface area (Å²) >= 11 is 0. The summed E-state index contributed by atoms with van der Waals surface area (Å²) in [4.78, 5) is 14.5. The minimum Gasteiger partial charge on any atom is -0.345 e. The number of piperazine rings is 1. The Morgan fingerprint density at radius 2 is 1.76 bits per heavy atom. The van der Waals surface area contributed by atoms with Crippen molar-refractivity contribution in [3.8, 4) is 0 Å². The molecule has 2 heterocycles. The van der Waals surface area contributed by atoms with Gasteiger partial charge in [0.2, 0.25) is 15.9 Å². The fraction of sp³-hybridized carbons (Fsp3) is 0.500. The number of carbonyl (C=O) groups excluding carboxylic acids is 1. The average molecular weight is 363 g/mol. The van der Waals surface area contributed by atoms with E-state index in [1.54, 1.807) is 4.90 Å². The molecule has 0 atom stereocenters. The number of nitrogens with zero attached hydrogens (tertiary/aromatic N) is 3. The van der Waals surface area contributed by atoms with Gasteiger partial charge in [-0.15, -0.1) is 0 Å². The first kappa shape index (κ1) is 17.9. The Labute approximate surface area is 149 Å². The molecule has 1 saturated heterocycles. The first-order valence-electron chi connectivity index (χ1n) is 8.58. The number of hydrogen-bond acceptors (Lipinski definition) is 3. The van der Waals surface area contributed by atoms with Crippen LogP contribution in [0.4, 0.5) is 0 Å². The average Bonchev–Trinajstić information content (AvgIpc) is 2.93. The fourth-order valence-electron chi connectivity index (χ4n) is 3.39. The van der Waals surface area contributed by atoms with Gasteiger partial charge in [-0.2, -0.15) is 4.31 Å². The standard InChI is InChI=1S/C18H25N3O3S/c1-14(2)21-13-15(16-6-4-5-7-17(16)21)12-18(22)19-8-10-20(11-9-19)25(3,23)24/h4-7,13-14H,8-12H2,1-3H3. The zero-order valence-electron chi connectivity index (χ0n) is 15.0. The van der Waals surface area contributed by atoms with Gasteiger partial charge in [-0.3, -0.25) is 4.79 Å². The lowest BCUT2D eigenvalue weighted by Gasteiger charge is -2.33. The summed E-state index contributed by atoms with van der Waals surface area (Å²) < 4.78 is 26.8. The van der Waals surface area contributed by atoms with Crippen molar-refractivity contribution in [3.05, 3.63) is 36.0 Å². The van der Waals surface area contributed by atoms with Crippen molar-refractivity contribution in [2.45, 2.75) is 26.3 Å². The zero-order chi connectivity index (χ0) is 18.2. The molecule has 6 nitrogen and oxygen atoms in total. The molecular weight excluding hydrogens is 338 g/mol. The van der Waals surface area contributed by atoms with Gasteiger partial charge in [0.1, 0.15) is 0 Å². The summed E-state index contributed by atoms with van der Waals surface area (Å²) in [5.74, 6) is 0.0554. The lowest BCUT2D eigenvalue weighted by Crippen LogP contribution is -2.50. The van der Waals surface area contributed by atoms with E-state index in [0.717, 1.165) is 16.5 Å². The lowest BCUT2D eigenvalue weighted by atomic mass is 10.1. The number of aromatic nitrogens is 1. The number of para-hydroxylation sites is 1. The molecule has 0 radical (unpaired) electrons. The quantitative estimate of drug-likeness (QED) is 0.833. The normalized spacial score (nSPS) is 16.7. The van der Waals surface area contributed by atoms with E-state index < -0.39 is 10.0 Å². The van der Waals surface area contributed by atoms with E-state index in [2.05, 4.69) is 36.7 Å². The van der Waals surface area contributed by atoms with Crippen LogP contribution in [0.2, 0.25) is 0 Å². The summed E-state index contributed by atoms with van der Waals surface area (Å²) in [6.07, 6.45) is 3.63. The van der Waals surface area contributed by atoms with Gasteiger partial charge in [0.05, 0.1) is 12.7 Å². The molecule has 0 N–H and O–H groups in total. The topological polar surface area (TPSA) is 62.6 Å². The number of carbonyl (C=O) groups is 1. The molecule has 1 aromatic heterocycles. The molecule has 0 saturated carbocycles. The highest BCUT2D eigenvalue weighted by molar-refractivity contribution is 7.88. The Balaban J connectivity index is 1.75. The third kappa shape index (κ3) is 3.72. The van der Waals surface area contributed by atoms with Gasteiger partial charge in [-0.05, 0) is 25.5 Å². The highest BCUT2D eigenvalue weighted by Crippen LogP contribution is 2.25. The molecule has 1 amide bonds. The third-order valence-corrected chi connectivity index (χ3v) is 6.08. The molecule has 0 bridgehead atoms. The number of benzene rings is 1. The predicted octanol–water partition coefficient (Wildman–Crippen LogP) is 1.87. The van der Waals surface area contributed by atoms with Gasteiger partial charge in [0, 0.05) is 49.3 Å². The number of fused-ring (bicyclic) bond motifs is 1. The molecule has 0 aliphatic carbocycles. The van der Waals surface area contributed by atoms with Crippen molar-refractivity contribution in [1.82, 2.24) is 13.8 Å². The second-order valence-electron chi connectivity index (χ2n) is 6.89. The van der Waals surface area contributed by atoms with Crippen molar-refractivity contribution in [2.24, 2.45) is 0 Å². The fourth-order valence-corrected chi connectivity index (χ4v) is 4.22. The highest BCUT2D eigenvalue weighted by Gasteiger charge is 2.26. The first-order chi connectivity index (χ1) is 11.8. The summed E-state index contributed by atoms with van der Waals surface area (Å²) in [7, 11) is -3.18. The van der Waals surface area contributed by atoms with Crippen LogP contribution in [0.3, 0.4) is 0 Å². The highest BCUT2D eigenvalue weighted by atomic mass is 32.2. The molecule has 136 valence electrons. The maximum atomic E-state index is 12.7. The van der Waals surface area contributed by atoms with Crippen LogP contribution in [0, 0.1) is 0 Å². The van der Waals surface area contributed by atoms with Crippen LogP contribution in [-0.4, -0.2) is 60.5 Å². The third-order valence-electron chi connectivity index (χ3n) is 4.78. The Morgan fingerprint density at radius 3 is 2.36 bits per heavy atom. The number of hydrogen-bond donors (Lipinski definition) is 0. The van der Waals surface area contributed by atoms with Gasteiger partial charge < -0.3 is 9.47 Å². The number of sulfonamides is 1. The summed E-state index contributed by atoms with van der Waals surface area (Å²) in [6.45, 7) is 5.91. The molecular formula is C18H25N3O3S. The predicted molar refractivity (Wildman–Crippen MR) is 99.0 cm³/mol. The van der Waals surface area contributed by atoms with E-state index in [9.17, 15) is 13.2 Å². The van der Waals surface area contributed by atoms with E-state index in [4.69, 9.17) is 0 Å². The van der Waals surface area contributed by atoms with Gasteiger partial charge in [0.15, 0.2) is 0 Å². The molecule has 25 heavy (non-hydrogen) atoms. The van der Waals surface area contributed by atoms with Crippen molar-refractivity contribution in [3.63, 3.8) is 0 Å². The maximum Gasteiger partial charge on any atom is 0.227 e. The van der Waals surface area contributed by atoms with Crippen molar-refractivity contribution in [2.75, 3.05) is 32.4 Å². The van der Waals surface area contributed by atoms with Crippen molar-refractivity contribution in [1.29, 1.82) is 0 Å². The zero-order valence-corrected chi connectivity index (χ0v) is 15.8. The van der Waals surface area contributed by atoms with Crippen molar-refractivity contribution < 1.29 is 13.2 Å².